The third-order valence-corrected chi connectivity index (χ3v) is 11.8. The van der Waals surface area contributed by atoms with Crippen molar-refractivity contribution in [2.75, 3.05) is 91.6 Å². The van der Waals surface area contributed by atoms with E-state index in [1.165, 1.54) is 0 Å². The number of unbranched alkanes of at least 4 members (excludes halogenated alkanes) is 3. The van der Waals surface area contributed by atoms with Crippen LogP contribution in [0.5, 0.6) is 0 Å². The van der Waals surface area contributed by atoms with Gasteiger partial charge in [0.15, 0.2) is 6.29 Å². The van der Waals surface area contributed by atoms with Gasteiger partial charge in [-0.15, -0.1) is 0 Å². The lowest BCUT2D eigenvalue weighted by atomic mass is 10.0. The number of carbonyl (C=O) groups excluding carboxylic acids is 4. The maximum absolute atomic E-state index is 13.6. The van der Waals surface area contributed by atoms with Gasteiger partial charge in [0, 0.05) is 84.7 Å². The Kier molecular flexibility index (Phi) is 27.0. The van der Waals surface area contributed by atoms with Crippen LogP contribution >= 0.6 is 0 Å². The van der Waals surface area contributed by atoms with Crippen molar-refractivity contribution in [1.29, 1.82) is 0 Å². The van der Waals surface area contributed by atoms with Crippen LogP contribution in [0.2, 0.25) is 0 Å². The summed E-state index contributed by atoms with van der Waals surface area (Å²) in [6.45, 7) is 1.66. The number of carboxylic acid groups (broad SMARTS) is 5. The van der Waals surface area contributed by atoms with Crippen molar-refractivity contribution in [3.05, 3.63) is 48.0 Å². The lowest BCUT2D eigenvalue weighted by molar-refractivity contribution is -0.140. The van der Waals surface area contributed by atoms with Crippen molar-refractivity contribution in [1.82, 2.24) is 46.2 Å². The molecule has 0 saturated carbocycles. The summed E-state index contributed by atoms with van der Waals surface area (Å²) in [6, 6.07) is 8.48. The van der Waals surface area contributed by atoms with Gasteiger partial charge in [-0.2, -0.15) is 0 Å². The molecular weight excluding hydrogens is 947 g/mol. The number of hydrogen-bond donors (Lipinski definition) is 12. The maximum atomic E-state index is 13.6. The van der Waals surface area contributed by atoms with E-state index in [0.717, 1.165) is 16.3 Å². The summed E-state index contributed by atoms with van der Waals surface area (Å²) in [7, 11) is 0. The number of carbonyl (C=O) groups is 9. The van der Waals surface area contributed by atoms with E-state index in [-0.39, 0.29) is 122 Å². The van der Waals surface area contributed by atoms with Crippen LogP contribution in [-0.2, 0) is 44.8 Å². The molecule has 2 aromatic rings. The normalized spacial score (nSPS) is 15.8. The van der Waals surface area contributed by atoms with Crippen LogP contribution in [0.1, 0.15) is 63.4 Å². The fourth-order valence-corrected chi connectivity index (χ4v) is 7.93. The Morgan fingerprint density at radius 3 is 1.49 bits per heavy atom. The Bertz CT molecular complexity index is 2080. The molecule has 1 unspecified atom stereocenters. The maximum Gasteiger partial charge on any atom is 0.326 e. The van der Waals surface area contributed by atoms with Crippen molar-refractivity contribution in [2.45, 2.75) is 88.6 Å². The fourth-order valence-electron chi connectivity index (χ4n) is 7.93. The SMILES string of the molecule is O=C(O)CN1CCN(CC(=O)O)CCN(CC(=O)NCCCCCC(=O)NC(Cc2ccc3ccccc3c2)C(=O)NCCCC[C@H](NC(=O)N[C@@H](CCC(O)O)C(=O)O)C(=O)O)CCN(CC(=O)O)CC1. The van der Waals surface area contributed by atoms with E-state index in [0.29, 0.717) is 45.3 Å². The molecule has 400 valence electrons. The van der Waals surface area contributed by atoms with E-state index in [2.05, 4.69) is 26.6 Å². The summed E-state index contributed by atoms with van der Waals surface area (Å²) >= 11 is 0. The number of amides is 5. The van der Waals surface area contributed by atoms with Gasteiger partial charge in [-0.1, -0.05) is 48.9 Å². The van der Waals surface area contributed by atoms with Crippen LogP contribution in [0.4, 0.5) is 4.79 Å². The van der Waals surface area contributed by atoms with Crippen LogP contribution in [-0.4, -0.2) is 225 Å². The van der Waals surface area contributed by atoms with Gasteiger partial charge in [0.1, 0.15) is 18.1 Å². The summed E-state index contributed by atoms with van der Waals surface area (Å²) in [4.78, 5) is 117. The van der Waals surface area contributed by atoms with E-state index < -0.39 is 66.2 Å². The fraction of sp³-hybridized carbons (Fsp3) is 0.596. The third-order valence-electron chi connectivity index (χ3n) is 11.8. The number of urea groups is 1. The summed E-state index contributed by atoms with van der Waals surface area (Å²) in [5.74, 6) is -7.12. The zero-order chi connectivity index (χ0) is 53.0. The molecule has 25 nitrogen and oxygen atoms in total. The standard InChI is InChI=1S/C47H71N9O16/c57-38(11-2-1-6-16-48-39(58)28-53-18-20-54(29-41(61)62)22-24-56(31-43(65)66)25-23-55(21-19-53)30-42(63)64)50-37(27-32-12-13-33-8-3-4-9-34(33)26-32)44(67)49-17-7-5-10-35(45(68)69)51-47(72)52-36(46(70)71)14-15-40(59)60/h3-4,8-9,12-13,26,35-37,40,59-60H,1-2,5-7,10-11,14-25,27-31H2,(H,48,58)(H,49,67)(H,50,57)(H,61,62)(H,63,64)(H,65,66)(H,68,69)(H,70,71)(H2,51,52,72)/t35-,36-,37?/m0/s1. The Hall–Kier alpha value is -6.51. The average Bonchev–Trinajstić information content (AvgIpc) is 3.30. The van der Waals surface area contributed by atoms with E-state index in [9.17, 15) is 68.7 Å². The Labute approximate surface area is 416 Å². The number of rotatable bonds is 30. The first-order valence-electron chi connectivity index (χ1n) is 24.0. The number of aliphatic carboxylic acids is 5. The van der Waals surface area contributed by atoms with Gasteiger partial charge in [0.25, 0.3) is 0 Å². The number of aliphatic hydroxyl groups is 2. The monoisotopic (exact) mass is 1020 g/mol. The number of hydrogen-bond acceptors (Lipinski definition) is 15. The van der Waals surface area contributed by atoms with Crippen molar-refractivity contribution in [3.63, 3.8) is 0 Å². The lowest BCUT2D eigenvalue weighted by Gasteiger charge is -2.32. The highest BCUT2D eigenvalue weighted by atomic mass is 16.5. The molecular formula is C47H71N9O16. The van der Waals surface area contributed by atoms with Crippen molar-refractivity contribution in [2.24, 2.45) is 0 Å². The molecule has 0 spiro atoms. The second kappa shape index (κ2) is 32.5. The van der Waals surface area contributed by atoms with Gasteiger partial charge in [0.05, 0.1) is 26.2 Å². The molecule has 1 aliphatic rings. The number of benzene rings is 2. The van der Waals surface area contributed by atoms with Crippen LogP contribution in [0.15, 0.2) is 42.5 Å². The molecule has 0 aromatic heterocycles. The Morgan fingerprint density at radius 1 is 0.486 bits per heavy atom. The van der Waals surface area contributed by atoms with Gasteiger partial charge >= 0.3 is 35.9 Å². The number of fused-ring (bicyclic) bond motifs is 1. The largest absolute Gasteiger partial charge is 0.480 e. The predicted octanol–water partition coefficient (Wildman–Crippen LogP) is -1.40. The highest BCUT2D eigenvalue weighted by molar-refractivity contribution is 5.89. The predicted molar refractivity (Wildman–Crippen MR) is 259 cm³/mol. The first-order chi connectivity index (χ1) is 34.3. The second-order valence-electron chi connectivity index (χ2n) is 17.7. The van der Waals surface area contributed by atoms with Gasteiger partial charge in [-0.25, -0.2) is 14.4 Å². The van der Waals surface area contributed by atoms with Crippen molar-refractivity contribution < 1.29 is 78.9 Å². The summed E-state index contributed by atoms with van der Waals surface area (Å²) in [5.41, 5.74) is 0.795. The molecule has 12 N–H and O–H groups in total. The minimum absolute atomic E-state index is 0.0355. The number of nitrogens with zero attached hydrogens (tertiary/aromatic N) is 4. The molecule has 1 aliphatic heterocycles. The average molecular weight is 1020 g/mol. The number of carboxylic acids is 5. The smallest absolute Gasteiger partial charge is 0.326 e. The Morgan fingerprint density at radius 2 is 0.972 bits per heavy atom. The van der Waals surface area contributed by atoms with Gasteiger partial charge < -0.3 is 62.3 Å². The third kappa shape index (κ3) is 25.0. The van der Waals surface area contributed by atoms with E-state index in [4.69, 9.17) is 10.2 Å². The second-order valence-corrected chi connectivity index (χ2v) is 17.7. The number of aliphatic hydroxyl groups excluding tert-OH is 1. The first-order valence-corrected chi connectivity index (χ1v) is 24.0. The summed E-state index contributed by atoms with van der Waals surface area (Å²) < 4.78 is 0. The molecule has 25 heteroatoms. The molecule has 72 heavy (non-hydrogen) atoms. The highest BCUT2D eigenvalue weighted by Gasteiger charge is 2.26. The highest BCUT2D eigenvalue weighted by Crippen LogP contribution is 2.17. The summed E-state index contributed by atoms with van der Waals surface area (Å²) in [5, 5.41) is 80.1. The van der Waals surface area contributed by atoms with Crippen molar-refractivity contribution >= 4 is 64.4 Å². The van der Waals surface area contributed by atoms with Gasteiger partial charge in [-0.3, -0.25) is 48.4 Å². The molecule has 0 bridgehead atoms. The van der Waals surface area contributed by atoms with E-state index in [1.807, 2.05) is 47.4 Å². The van der Waals surface area contributed by atoms with Gasteiger partial charge in [-0.05, 0) is 54.9 Å². The summed E-state index contributed by atoms with van der Waals surface area (Å²) in [6.07, 6.45) is -0.177. The number of nitrogens with one attached hydrogen (secondary N) is 5. The molecule has 3 atom stereocenters. The zero-order valence-corrected chi connectivity index (χ0v) is 40.4. The molecule has 1 fully saturated rings. The quantitative estimate of drug-likeness (QED) is 0.0316. The van der Waals surface area contributed by atoms with E-state index in [1.54, 1.807) is 14.7 Å². The van der Waals surface area contributed by atoms with Crippen LogP contribution in [0.3, 0.4) is 0 Å². The molecule has 3 rings (SSSR count). The lowest BCUT2D eigenvalue weighted by Crippen LogP contribution is -2.51. The minimum Gasteiger partial charge on any atom is -0.480 e. The van der Waals surface area contributed by atoms with Crippen molar-refractivity contribution in [3.8, 4) is 0 Å². The van der Waals surface area contributed by atoms with Crippen LogP contribution in [0.25, 0.3) is 10.8 Å². The topological polar surface area (TPSA) is 368 Å². The molecule has 0 aliphatic carbocycles. The minimum atomic E-state index is -1.79. The molecule has 2 aromatic carbocycles. The molecule has 1 heterocycles. The molecule has 0 radical (unpaired) electrons. The van der Waals surface area contributed by atoms with Crippen LogP contribution < -0.4 is 26.6 Å². The Balaban J connectivity index is 1.51. The van der Waals surface area contributed by atoms with Crippen LogP contribution in [0, 0.1) is 0 Å². The first kappa shape index (κ1) is 59.8. The van der Waals surface area contributed by atoms with Gasteiger partial charge in [0.2, 0.25) is 17.7 Å². The zero-order valence-electron chi connectivity index (χ0n) is 40.4. The molecule has 1 saturated heterocycles. The molecule has 5 amide bonds. The van der Waals surface area contributed by atoms with E-state index >= 15 is 0 Å².